The topological polar surface area (TPSA) is 65.2 Å². The molecule has 5 nitrogen and oxygen atoms in total. The number of aromatic amines is 1. The predicted octanol–water partition coefficient (Wildman–Crippen LogP) is 4.37. The average Bonchev–Trinajstić information content (AvgIpc) is 3.44. The lowest BCUT2D eigenvalue weighted by atomic mass is 9.97. The molecule has 1 aliphatic rings. The van der Waals surface area contributed by atoms with Gasteiger partial charge in [-0.3, -0.25) is 14.5 Å². The molecule has 29 heavy (non-hydrogen) atoms. The lowest BCUT2D eigenvalue weighted by Gasteiger charge is -2.36. The van der Waals surface area contributed by atoms with Crippen molar-refractivity contribution in [3.63, 3.8) is 0 Å². The van der Waals surface area contributed by atoms with Gasteiger partial charge >= 0.3 is 0 Å². The summed E-state index contributed by atoms with van der Waals surface area (Å²) in [5.74, 6) is 0.432. The Labute approximate surface area is 178 Å². The summed E-state index contributed by atoms with van der Waals surface area (Å²) >= 11 is 3.27. The number of aromatic nitrogens is 1. The van der Waals surface area contributed by atoms with Crippen molar-refractivity contribution in [3.05, 3.63) is 68.0 Å². The van der Waals surface area contributed by atoms with E-state index < -0.39 is 0 Å². The van der Waals surface area contributed by atoms with Gasteiger partial charge in [-0.05, 0) is 66.9 Å². The largest absolute Gasteiger partial charge is 0.350 e. The average molecular weight is 428 g/mol. The van der Waals surface area contributed by atoms with Gasteiger partial charge in [0.25, 0.3) is 11.5 Å². The van der Waals surface area contributed by atoms with E-state index in [0.717, 1.165) is 29.6 Å². The summed E-state index contributed by atoms with van der Waals surface area (Å²) in [7, 11) is 0. The third kappa shape index (κ3) is 4.69. The van der Waals surface area contributed by atoms with E-state index in [4.69, 9.17) is 0 Å². The van der Waals surface area contributed by atoms with Gasteiger partial charge in [-0.15, -0.1) is 22.7 Å². The van der Waals surface area contributed by atoms with E-state index in [1.54, 1.807) is 34.8 Å². The lowest BCUT2D eigenvalue weighted by molar-refractivity contribution is 0.0913. The van der Waals surface area contributed by atoms with Crippen LogP contribution in [0, 0.1) is 5.92 Å². The minimum atomic E-state index is -0.354. The third-order valence-corrected chi connectivity index (χ3v) is 7.40. The van der Waals surface area contributed by atoms with Crippen LogP contribution < -0.4 is 10.9 Å². The zero-order valence-corrected chi connectivity index (χ0v) is 18.0. The first kappa shape index (κ1) is 20.1. The summed E-state index contributed by atoms with van der Waals surface area (Å²) in [4.78, 5) is 32.7. The highest BCUT2D eigenvalue weighted by atomic mass is 32.1. The molecule has 3 aromatic rings. The van der Waals surface area contributed by atoms with E-state index in [0.29, 0.717) is 6.54 Å². The number of hydrogen-bond donors (Lipinski definition) is 2. The van der Waals surface area contributed by atoms with Crippen LogP contribution in [-0.4, -0.2) is 35.4 Å². The molecule has 1 unspecified atom stereocenters. The molecule has 1 amide bonds. The molecular formula is C22H25N3O2S2. The monoisotopic (exact) mass is 427 g/mol. The number of H-pyrrole nitrogens is 1. The molecule has 7 heteroatoms. The Morgan fingerprint density at radius 2 is 1.93 bits per heavy atom. The predicted molar refractivity (Wildman–Crippen MR) is 120 cm³/mol. The molecule has 152 valence electrons. The fourth-order valence-electron chi connectivity index (χ4n) is 3.74. The van der Waals surface area contributed by atoms with Crippen molar-refractivity contribution in [1.82, 2.24) is 15.2 Å². The summed E-state index contributed by atoms with van der Waals surface area (Å²) in [5.41, 5.74) is 0.538. The maximum atomic E-state index is 12.7. The maximum Gasteiger partial charge on any atom is 0.261 e. The van der Waals surface area contributed by atoms with Crippen LogP contribution in [0.1, 0.15) is 41.0 Å². The molecule has 4 heterocycles. The van der Waals surface area contributed by atoms with Crippen molar-refractivity contribution in [2.24, 2.45) is 5.92 Å². The van der Waals surface area contributed by atoms with E-state index in [-0.39, 0.29) is 23.1 Å². The van der Waals surface area contributed by atoms with Crippen LogP contribution >= 0.6 is 22.7 Å². The van der Waals surface area contributed by atoms with Gasteiger partial charge in [0.2, 0.25) is 0 Å². The van der Waals surface area contributed by atoms with Crippen molar-refractivity contribution in [3.8, 4) is 10.6 Å². The van der Waals surface area contributed by atoms with Gasteiger partial charge in [-0.1, -0.05) is 19.1 Å². The van der Waals surface area contributed by atoms with Gasteiger partial charge in [0.15, 0.2) is 0 Å². The quantitative estimate of drug-likeness (QED) is 0.614. The summed E-state index contributed by atoms with van der Waals surface area (Å²) in [6.45, 7) is 4.87. The molecule has 3 aromatic heterocycles. The molecule has 1 aliphatic heterocycles. The third-order valence-electron chi connectivity index (χ3n) is 5.53. The smallest absolute Gasteiger partial charge is 0.261 e. The zero-order chi connectivity index (χ0) is 20.2. The first-order valence-electron chi connectivity index (χ1n) is 9.94. The molecule has 1 fully saturated rings. The number of nitrogens with zero attached hydrogens (tertiary/aromatic N) is 1. The van der Waals surface area contributed by atoms with Gasteiger partial charge in [0, 0.05) is 11.4 Å². The van der Waals surface area contributed by atoms with Crippen LogP contribution in [0.3, 0.4) is 0 Å². The Balaban J connectivity index is 1.46. The Morgan fingerprint density at radius 3 is 2.59 bits per heavy atom. The standard InChI is InChI=1S/C22H25N3O2S2/c1-15-8-10-25(11-9-15)18(20-5-3-13-29-20)14-23-21(26)16-6-7-17(24-22(16)27)19-4-2-12-28-19/h2-7,12-13,15,18H,8-11,14H2,1H3,(H,23,26)(H,24,27). The van der Waals surface area contributed by atoms with Crippen LogP contribution in [0.5, 0.6) is 0 Å². The molecule has 1 saturated heterocycles. The molecule has 2 N–H and O–H groups in total. The first-order valence-corrected chi connectivity index (χ1v) is 11.7. The van der Waals surface area contributed by atoms with Crippen LogP contribution in [0.4, 0.5) is 0 Å². The zero-order valence-electron chi connectivity index (χ0n) is 16.4. The highest BCUT2D eigenvalue weighted by molar-refractivity contribution is 7.13. The number of likely N-dealkylation sites (tertiary alicyclic amines) is 1. The normalized spacial score (nSPS) is 16.6. The van der Waals surface area contributed by atoms with E-state index >= 15 is 0 Å². The minimum absolute atomic E-state index is 0.149. The number of piperidine rings is 1. The number of carbonyl (C=O) groups is 1. The molecular weight excluding hydrogens is 402 g/mol. The lowest BCUT2D eigenvalue weighted by Crippen LogP contribution is -2.42. The van der Waals surface area contributed by atoms with E-state index in [2.05, 4.69) is 39.6 Å². The summed E-state index contributed by atoms with van der Waals surface area (Å²) in [6.07, 6.45) is 2.36. The van der Waals surface area contributed by atoms with Gasteiger partial charge in [0.1, 0.15) is 5.56 Å². The minimum Gasteiger partial charge on any atom is -0.350 e. The van der Waals surface area contributed by atoms with Gasteiger partial charge in [-0.2, -0.15) is 0 Å². The van der Waals surface area contributed by atoms with Crippen molar-refractivity contribution in [2.75, 3.05) is 19.6 Å². The molecule has 0 radical (unpaired) electrons. The van der Waals surface area contributed by atoms with Crippen molar-refractivity contribution >= 4 is 28.6 Å². The van der Waals surface area contributed by atoms with Crippen LogP contribution in [0.25, 0.3) is 10.6 Å². The number of nitrogens with one attached hydrogen (secondary N) is 2. The van der Waals surface area contributed by atoms with Crippen LogP contribution in [0.2, 0.25) is 0 Å². The van der Waals surface area contributed by atoms with Crippen LogP contribution in [0.15, 0.2) is 52.0 Å². The van der Waals surface area contributed by atoms with Gasteiger partial charge in [-0.25, -0.2) is 0 Å². The van der Waals surface area contributed by atoms with Crippen molar-refractivity contribution < 1.29 is 4.79 Å². The summed E-state index contributed by atoms with van der Waals surface area (Å²) < 4.78 is 0. The Morgan fingerprint density at radius 1 is 1.17 bits per heavy atom. The van der Waals surface area contributed by atoms with E-state index in [1.807, 2.05) is 17.5 Å². The number of pyridine rings is 1. The number of hydrogen-bond acceptors (Lipinski definition) is 5. The fourth-order valence-corrected chi connectivity index (χ4v) is 5.31. The molecule has 0 spiro atoms. The molecule has 0 aromatic carbocycles. The van der Waals surface area contributed by atoms with Crippen molar-refractivity contribution in [2.45, 2.75) is 25.8 Å². The molecule has 0 aliphatic carbocycles. The van der Waals surface area contributed by atoms with E-state index in [1.165, 1.54) is 17.7 Å². The Kier molecular flexibility index (Phi) is 6.28. The number of amides is 1. The van der Waals surface area contributed by atoms with Gasteiger partial charge in [0.05, 0.1) is 16.6 Å². The second kappa shape index (κ2) is 9.07. The number of rotatable bonds is 6. The molecule has 4 rings (SSSR count). The Hall–Kier alpha value is -2.22. The SMILES string of the molecule is CC1CCN(C(CNC(=O)c2ccc(-c3cccs3)[nH]c2=O)c2cccs2)CC1. The van der Waals surface area contributed by atoms with Gasteiger partial charge < -0.3 is 10.3 Å². The second-order valence-electron chi connectivity index (χ2n) is 7.55. The van der Waals surface area contributed by atoms with Crippen LogP contribution in [-0.2, 0) is 0 Å². The first-order chi connectivity index (χ1) is 14.1. The summed E-state index contributed by atoms with van der Waals surface area (Å²) in [5, 5.41) is 7.03. The molecule has 0 bridgehead atoms. The number of thiophene rings is 2. The highest BCUT2D eigenvalue weighted by Gasteiger charge is 2.26. The molecule has 0 saturated carbocycles. The highest BCUT2D eigenvalue weighted by Crippen LogP contribution is 2.29. The van der Waals surface area contributed by atoms with Crippen molar-refractivity contribution in [1.29, 1.82) is 0 Å². The second-order valence-corrected chi connectivity index (χ2v) is 9.48. The van der Waals surface area contributed by atoms with E-state index in [9.17, 15) is 9.59 Å². The number of carbonyl (C=O) groups excluding carboxylic acids is 1. The fraction of sp³-hybridized carbons (Fsp3) is 0.364. The summed E-state index contributed by atoms with van der Waals surface area (Å²) in [6, 6.07) is 11.6. The Bertz CT molecular complexity index is 988. The maximum absolute atomic E-state index is 12.7. The molecule has 1 atom stereocenters.